The van der Waals surface area contributed by atoms with Crippen molar-refractivity contribution in [2.75, 3.05) is 56.7 Å². The van der Waals surface area contributed by atoms with Gasteiger partial charge in [-0.25, -0.2) is 0 Å². The monoisotopic (exact) mass is 579 g/mol. The molecule has 6 rings (SSSR count). The molecule has 1 saturated carbocycles. The number of rotatable bonds is 8. The number of nitriles is 1. The molecule has 1 saturated heterocycles. The predicted octanol–water partition coefficient (Wildman–Crippen LogP) is 5.55. The molecular formula is C35H45N7O. The van der Waals surface area contributed by atoms with Crippen LogP contribution in [-0.4, -0.2) is 78.7 Å². The van der Waals surface area contributed by atoms with Crippen LogP contribution in [0.3, 0.4) is 0 Å². The Morgan fingerprint density at radius 1 is 1.07 bits per heavy atom. The van der Waals surface area contributed by atoms with Gasteiger partial charge in [0.2, 0.25) is 0 Å². The highest BCUT2D eigenvalue weighted by molar-refractivity contribution is 5.97. The molecule has 0 N–H and O–H groups in total. The van der Waals surface area contributed by atoms with Gasteiger partial charge in [0.1, 0.15) is 5.82 Å². The largest absolute Gasteiger partial charge is 0.463 e. The number of hydrogen-bond acceptors (Lipinski definition) is 8. The number of fused-ring (bicyclic) bond motifs is 2. The number of nitrogens with zero attached hydrogens (tertiary/aromatic N) is 7. The molecule has 2 fully saturated rings. The van der Waals surface area contributed by atoms with Gasteiger partial charge in [-0.15, -0.1) is 0 Å². The van der Waals surface area contributed by atoms with Crippen LogP contribution in [0.5, 0.6) is 6.01 Å². The zero-order valence-electron chi connectivity index (χ0n) is 26.2. The molecule has 3 atom stereocenters. The van der Waals surface area contributed by atoms with E-state index in [1.165, 1.54) is 40.4 Å². The van der Waals surface area contributed by atoms with Crippen LogP contribution in [0, 0.1) is 24.2 Å². The van der Waals surface area contributed by atoms with E-state index in [1.807, 2.05) is 6.92 Å². The first kappa shape index (κ1) is 29.3. The van der Waals surface area contributed by atoms with E-state index in [0.717, 1.165) is 57.1 Å². The normalized spacial score (nSPS) is 22.4. The third-order valence-electron chi connectivity index (χ3n) is 9.64. The van der Waals surface area contributed by atoms with Gasteiger partial charge in [0.05, 0.1) is 37.4 Å². The highest BCUT2D eigenvalue weighted by Gasteiger charge is 2.32. The average molecular weight is 580 g/mol. The van der Waals surface area contributed by atoms with Gasteiger partial charge in [0.25, 0.3) is 0 Å². The van der Waals surface area contributed by atoms with Crippen LogP contribution in [0.1, 0.15) is 49.4 Å². The second kappa shape index (κ2) is 12.8. The molecule has 0 bridgehead atoms. The summed E-state index contributed by atoms with van der Waals surface area (Å²) in [5, 5.41) is 12.2. The van der Waals surface area contributed by atoms with E-state index < -0.39 is 0 Å². The predicted molar refractivity (Wildman–Crippen MR) is 174 cm³/mol. The summed E-state index contributed by atoms with van der Waals surface area (Å²) in [5.74, 6) is 1.52. The van der Waals surface area contributed by atoms with Crippen molar-refractivity contribution in [3.8, 4) is 12.1 Å². The first-order chi connectivity index (χ1) is 20.9. The Kier molecular flexibility index (Phi) is 8.71. The van der Waals surface area contributed by atoms with Gasteiger partial charge < -0.3 is 24.3 Å². The van der Waals surface area contributed by atoms with Crippen LogP contribution in [0.2, 0.25) is 0 Å². The number of anilines is 2. The minimum absolute atomic E-state index is 0.130. The zero-order chi connectivity index (χ0) is 29.9. The van der Waals surface area contributed by atoms with E-state index in [4.69, 9.17) is 14.7 Å². The van der Waals surface area contributed by atoms with Crippen LogP contribution in [0.4, 0.5) is 11.5 Å². The standard InChI is InChI=1S/C35H45N7O/c1-5-17-40-19-20-42(22-29(40)14-16-36)34-30-15-18-41(32-11-7-10-27-9-6-8-25(2)33(27)32)23-31(30)37-35(38-34)43-24-26-12-13-28(21-26)39(3)4/h5-11,17,26,28-29H,12-15,18-24H2,1-4H3/t26-,28+,29?/m1/s1. The minimum atomic E-state index is 0.130. The highest BCUT2D eigenvalue weighted by Crippen LogP contribution is 2.36. The molecule has 43 heavy (non-hydrogen) atoms. The van der Waals surface area contributed by atoms with Crippen molar-refractivity contribution in [3.05, 3.63) is 65.5 Å². The van der Waals surface area contributed by atoms with Gasteiger partial charge in [-0.3, -0.25) is 0 Å². The summed E-state index contributed by atoms with van der Waals surface area (Å²) >= 11 is 0. The molecule has 0 radical (unpaired) electrons. The molecule has 8 heteroatoms. The number of piperazine rings is 1. The molecule has 1 unspecified atom stereocenters. The Morgan fingerprint density at radius 3 is 2.67 bits per heavy atom. The molecule has 2 aliphatic heterocycles. The Hall–Kier alpha value is -3.83. The second-order valence-corrected chi connectivity index (χ2v) is 12.7. The lowest BCUT2D eigenvalue weighted by Gasteiger charge is -2.42. The number of aryl methyl sites for hydroxylation is 1. The van der Waals surface area contributed by atoms with E-state index in [1.54, 1.807) is 0 Å². The molecular weight excluding hydrogens is 534 g/mol. The molecule has 3 aromatic rings. The number of benzene rings is 2. The zero-order valence-corrected chi connectivity index (χ0v) is 26.2. The van der Waals surface area contributed by atoms with Gasteiger partial charge in [-0.05, 0) is 82.8 Å². The molecule has 1 aromatic heterocycles. The second-order valence-electron chi connectivity index (χ2n) is 12.7. The first-order valence-corrected chi connectivity index (χ1v) is 15.9. The Balaban J connectivity index is 1.31. The molecule has 8 nitrogen and oxygen atoms in total. The summed E-state index contributed by atoms with van der Waals surface area (Å²) in [7, 11) is 4.34. The van der Waals surface area contributed by atoms with Gasteiger partial charge in [-0.2, -0.15) is 15.2 Å². The minimum Gasteiger partial charge on any atom is -0.463 e. The fourth-order valence-corrected chi connectivity index (χ4v) is 7.29. The molecule has 0 spiro atoms. The van der Waals surface area contributed by atoms with E-state index >= 15 is 0 Å². The third kappa shape index (κ3) is 6.14. The smallest absolute Gasteiger partial charge is 0.318 e. The first-order valence-electron chi connectivity index (χ1n) is 15.9. The maximum Gasteiger partial charge on any atom is 0.318 e. The van der Waals surface area contributed by atoms with Crippen molar-refractivity contribution in [3.63, 3.8) is 0 Å². The lowest BCUT2D eigenvalue weighted by atomic mass is 9.99. The van der Waals surface area contributed by atoms with Gasteiger partial charge >= 0.3 is 6.01 Å². The van der Waals surface area contributed by atoms with Crippen LogP contribution in [-0.2, 0) is 13.0 Å². The van der Waals surface area contributed by atoms with Crippen molar-refractivity contribution < 1.29 is 4.74 Å². The summed E-state index contributed by atoms with van der Waals surface area (Å²) in [5.41, 5.74) is 4.84. The van der Waals surface area contributed by atoms with Crippen LogP contribution >= 0.6 is 0 Å². The van der Waals surface area contributed by atoms with Gasteiger partial charge in [-0.1, -0.05) is 36.4 Å². The van der Waals surface area contributed by atoms with E-state index in [9.17, 15) is 5.26 Å². The van der Waals surface area contributed by atoms with Crippen LogP contribution in [0.25, 0.3) is 10.8 Å². The Labute approximate surface area is 256 Å². The van der Waals surface area contributed by atoms with E-state index in [-0.39, 0.29) is 6.04 Å². The Bertz CT molecular complexity index is 1510. The van der Waals surface area contributed by atoms with E-state index in [2.05, 4.69) is 95.4 Å². The number of hydrogen-bond donors (Lipinski definition) is 0. The average Bonchev–Trinajstić information content (AvgIpc) is 3.50. The SMILES string of the molecule is CC=CN1CCN(c2nc(OC[C@@H]3CC[C@H](N(C)C)C3)nc3c2CCN(c2cccc4cccc(C)c24)C3)CC1CC#N. The fourth-order valence-electron chi connectivity index (χ4n) is 7.29. The van der Waals surface area contributed by atoms with Gasteiger partial charge in [0.15, 0.2) is 0 Å². The topological polar surface area (TPSA) is 71.8 Å². The molecule has 3 heterocycles. The van der Waals surface area contributed by atoms with Gasteiger partial charge in [0, 0.05) is 48.9 Å². The van der Waals surface area contributed by atoms with Crippen molar-refractivity contribution in [1.29, 1.82) is 5.26 Å². The number of aromatic nitrogens is 2. The maximum atomic E-state index is 9.58. The summed E-state index contributed by atoms with van der Waals surface area (Å²) in [6.07, 6.45) is 9.09. The maximum absolute atomic E-state index is 9.58. The van der Waals surface area contributed by atoms with Crippen molar-refractivity contribution in [1.82, 2.24) is 19.8 Å². The van der Waals surface area contributed by atoms with Crippen LogP contribution < -0.4 is 14.5 Å². The molecule has 0 amide bonds. The van der Waals surface area contributed by atoms with Crippen molar-refractivity contribution in [2.24, 2.45) is 5.92 Å². The number of ether oxygens (including phenoxy) is 1. The lowest BCUT2D eigenvalue weighted by molar-refractivity contribution is 0.219. The summed E-state index contributed by atoms with van der Waals surface area (Å²) < 4.78 is 6.42. The third-order valence-corrected chi connectivity index (χ3v) is 9.64. The molecule has 3 aliphatic rings. The highest BCUT2D eigenvalue weighted by atomic mass is 16.5. The van der Waals surface area contributed by atoms with Crippen molar-refractivity contribution in [2.45, 2.75) is 64.6 Å². The Morgan fingerprint density at radius 2 is 1.91 bits per heavy atom. The molecule has 226 valence electrons. The summed E-state index contributed by atoms with van der Waals surface area (Å²) in [6, 6.07) is 16.8. The molecule has 2 aromatic carbocycles. The summed E-state index contributed by atoms with van der Waals surface area (Å²) in [4.78, 5) is 19.7. The number of allylic oxidation sites excluding steroid dienone is 1. The quantitative estimate of drug-likeness (QED) is 0.344. The lowest BCUT2D eigenvalue weighted by Crippen LogP contribution is -2.51. The van der Waals surface area contributed by atoms with Crippen molar-refractivity contribution >= 4 is 22.3 Å². The van der Waals surface area contributed by atoms with Crippen LogP contribution in [0.15, 0.2) is 48.7 Å². The summed E-state index contributed by atoms with van der Waals surface area (Å²) in [6.45, 7) is 9.00. The molecule has 1 aliphatic carbocycles. The van der Waals surface area contributed by atoms with E-state index in [0.29, 0.717) is 31.0 Å². The fraction of sp³-hybridized carbons (Fsp3) is 0.514.